The predicted octanol–water partition coefficient (Wildman–Crippen LogP) is 6.83. The fourth-order valence-corrected chi connectivity index (χ4v) is 3.31. The Bertz CT molecular complexity index is 243. The van der Waals surface area contributed by atoms with Crippen LogP contribution in [0.3, 0.4) is 0 Å². The van der Waals surface area contributed by atoms with Gasteiger partial charge in [-0.25, -0.2) is 0 Å². The number of rotatable bonds is 22. The van der Waals surface area contributed by atoms with E-state index in [0.29, 0.717) is 13.1 Å². The van der Waals surface area contributed by atoms with Gasteiger partial charge >= 0.3 is 0 Å². The SMILES string of the molecule is COCCCCCCCCCCCCCCCCCCCCOC=O. The summed E-state index contributed by atoms with van der Waals surface area (Å²) in [6, 6.07) is 0. The van der Waals surface area contributed by atoms with Gasteiger partial charge in [-0.3, -0.25) is 4.79 Å². The first kappa shape index (κ1) is 24.4. The second-order valence-corrected chi connectivity index (χ2v) is 7.32. The lowest BCUT2D eigenvalue weighted by molar-refractivity contribution is -0.128. The molecule has 0 saturated heterocycles. The molecule has 25 heavy (non-hydrogen) atoms. The highest BCUT2D eigenvalue weighted by Gasteiger charge is 1.95. The molecule has 0 aliphatic heterocycles. The summed E-state index contributed by atoms with van der Waals surface area (Å²) in [6.07, 6.45) is 24.4. The van der Waals surface area contributed by atoms with Crippen molar-refractivity contribution in [3.05, 3.63) is 0 Å². The Labute approximate surface area is 157 Å². The standard InChI is InChI=1S/C22H44O3/c1-24-20-18-16-14-12-10-8-6-4-2-3-5-7-9-11-13-15-17-19-21-25-22-23/h22H,2-21H2,1H3. The van der Waals surface area contributed by atoms with Gasteiger partial charge in [-0.15, -0.1) is 0 Å². The highest BCUT2D eigenvalue weighted by Crippen LogP contribution is 2.14. The number of carbonyl (C=O) groups is 1. The highest BCUT2D eigenvalue weighted by atomic mass is 16.5. The van der Waals surface area contributed by atoms with Gasteiger partial charge in [0.1, 0.15) is 0 Å². The lowest BCUT2D eigenvalue weighted by atomic mass is 10.0. The molecule has 0 spiro atoms. The lowest BCUT2D eigenvalue weighted by Crippen LogP contribution is -1.91. The van der Waals surface area contributed by atoms with Crippen LogP contribution in [0.4, 0.5) is 0 Å². The van der Waals surface area contributed by atoms with Crippen LogP contribution >= 0.6 is 0 Å². The summed E-state index contributed by atoms with van der Waals surface area (Å²) in [5, 5.41) is 0. The Morgan fingerprint density at radius 1 is 0.480 bits per heavy atom. The number of ether oxygens (including phenoxy) is 2. The molecule has 0 N–H and O–H groups in total. The summed E-state index contributed by atoms with van der Waals surface area (Å²) in [4.78, 5) is 9.98. The summed E-state index contributed by atoms with van der Waals surface area (Å²) in [6.45, 7) is 2.07. The number of carbonyl (C=O) groups excluding carboxylic acids is 1. The normalized spacial score (nSPS) is 10.9. The fraction of sp³-hybridized carbons (Fsp3) is 0.955. The maximum absolute atomic E-state index is 9.98. The Morgan fingerprint density at radius 2 is 0.760 bits per heavy atom. The van der Waals surface area contributed by atoms with Crippen LogP contribution in [-0.2, 0) is 14.3 Å². The van der Waals surface area contributed by atoms with Gasteiger partial charge in [-0.05, 0) is 12.8 Å². The summed E-state index contributed by atoms with van der Waals surface area (Å²) < 4.78 is 9.75. The first-order valence-corrected chi connectivity index (χ1v) is 11.0. The molecule has 0 atom stereocenters. The van der Waals surface area contributed by atoms with E-state index in [1.807, 2.05) is 0 Å². The maximum atomic E-state index is 9.98. The lowest BCUT2D eigenvalue weighted by Gasteiger charge is -2.04. The minimum atomic E-state index is 0.547. The van der Waals surface area contributed by atoms with E-state index in [1.165, 1.54) is 109 Å². The van der Waals surface area contributed by atoms with Crippen molar-refractivity contribution in [1.29, 1.82) is 0 Å². The van der Waals surface area contributed by atoms with Gasteiger partial charge in [-0.1, -0.05) is 103 Å². The van der Waals surface area contributed by atoms with Gasteiger partial charge in [0.15, 0.2) is 0 Å². The van der Waals surface area contributed by atoms with Crippen LogP contribution in [0.25, 0.3) is 0 Å². The van der Waals surface area contributed by atoms with Crippen molar-refractivity contribution in [2.24, 2.45) is 0 Å². The molecule has 0 bridgehead atoms. The molecule has 3 nitrogen and oxygen atoms in total. The van der Waals surface area contributed by atoms with E-state index >= 15 is 0 Å². The first-order chi connectivity index (χ1) is 12.4. The second kappa shape index (κ2) is 23.4. The van der Waals surface area contributed by atoms with Crippen molar-refractivity contribution in [3.8, 4) is 0 Å². The fourth-order valence-electron chi connectivity index (χ4n) is 3.31. The molecule has 0 heterocycles. The van der Waals surface area contributed by atoms with Crippen LogP contribution in [0.5, 0.6) is 0 Å². The average molecular weight is 357 g/mol. The van der Waals surface area contributed by atoms with E-state index in [9.17, 15) is 4.79 Å². The third-order valence-corrected chi connectivity index (χ3v) is 4.93. The molecule has 0 fully saturated rings. The Kier molecular flexibility index (Phi) is 22.9. The van der Waals surface area contributed by atoms with Gasteiger partial charge in [0.2, 0.25) is 0 Å². The topological polar surface area (TPSA) is 35.5 Å². The molecular weight excluding hydrogens is 312 g/mol. The van der Waals surface area contributed by atoms with Crippen LogP contribution < -0.4 is 0 Å². The van der Waals surface area contributed by atoms with E-state index in [-0.39, 0.29) is 0 Å². The van der Waals surface area contributed by atoms with Crippen LogP contribution in [0.15, 0.2) is 0 Å². The molecule has 0 aromatic carbocycles. The van der Waals surface area contributed by atoms with Crippen molar-refractivity contribution in [1.82, 2.24) is 0 Å². The van der Waals surface area contributed by atoms with Gasteiger partial charge in [0.25, 0.3) is 6.47 Å². The van der Waals surface area contributed by atoms with E-state index in [4.69, 9.17) is 4.74 Å². The molecule has 3 heteroatoms. The van der Waals surface area contributed by atoms with Crippen molar-refractivity contribution >= 4 is 6.47 Å². The molecule has 0 unspecified atom stereocenters. The zero-order valence-electron chi connectivity index (χ0n) is 16.9. The van der Waals surface area contributed by atoms with Gasteiger partial charge in [0.05, 0.1) is 6.61 Å². The van der Waals surface area contributed by atoms with Crippen molar-refractivity contribution < 1.29 is 14.3 Å². The number of hydrogen-bond donors (Lipinski definition) is 0. The Hall–Kier alpha value is -0.570. The van der Waals surface area contributed by atoms with Gasteiger partial charge in [0, 0.05) is 13.7 Å². The largest absolute Gasteiger partial charge is 0.468 e. The Balaban J connectivity index is 2.95. The van der Waals surface area contributed by atoms with E-state index < -0.39 is 0 Å². The molecule has 0 rings (SSSR count). The van der Waals surface area contributed by atoms with E-state index in [0.717, 1.165) is 13.0 Å². The predicted molar refractivity (Wildman–Crippen MR) is 107 cm³/mol. The molecule has 0 amide bonds. The third kappa shape index (κ3) is 23.4. The zero-order chi connectivity index (χ0) is 18.3. The van der Waals surface area contributed by atoms with Crippen LogP contribution in [0.1, 0.15) is 116 Å². The average Bonchev–Trinajstić information content (AvgIpc) is 2.63. The van der Waals surface area contributed by atoms with Gasteiger partial charge < -0.3 is 9.47 Å². The molecule has 150 valence electrons. The molecule has 0 aromatic rings. The van der Waals surface area contributed by atoms with Gasteiger partial charge in [-0.2, -0.15) is 0 Å². The second-order valence-electron chi connectivity index (χ2n) is 7.32. The molecule has 0 radical (unpaired) electrons. The summed E-state index contributed by atoms with van der Waals surface area (Å²) >= 11 is 0. The molecule has 0 aromatic heterocycles. The summed E-state index contributed by atoms with van der Waals surface area (Å²) in [5.74, 6) is 0. The maximum Gasteiger partial charge on any atom is 0.293 e. The molecule has 0 saturated carbocycles. The minimum absolute atomic E-state index is 0.547. The number of unbranched alkanes of at least 4 members (excludes halogenated alkanes) is 17. The summed E-state index contributed by atoms with van der Waals surface area (Å²) in [5.41, 5.74) is 0. The minimum Gasteiger partial charge on any atom is -0.468 e. The zero-order valence-corrected chi connectivity index (χ0v) is 16.9. The van der Waals surface area contributed by atoms with Crippen molar-refractivity contribution in [3.63, 3.8) is 0 Å². The summed E-state index contributed by atoms with van der Waals surface area (Å²) in [7, 11) is 1.79. The molecule has 0 aliphatic rings. The number of hydrogen-bond acceptors (Lipinski definition) is 3. The Morgan fingerprint density at radius 3 is 1.04 bits per heavy atom. The van der Waals surface area contributed by atoms with Crippen LogP contribution in [0, 0.1) is 0 Å². The van der Waals surface area contributed by atoms with Crippen LogP contribution in [0.2, 0.25) is 0 Å². The molecule has 0 aliphatic carbocycles. The highest BCUT2D eigenvalue weighted by molar-refractivity contribution is 5.36. The third-order valence-electron chi connectivity index (χ3n) is 4.93. The molecular formula is C22H44O3. The van der Waals surface area contributed by atoms with Crippen molar-refractivity contribution in [2.45, 2.75) is 116 Å². The smallest absolute Gasteiger partial charge is 0.293 e. The van der Waals surface area contributed by atoms with E-state index in [1.54, 1.807) is 7.11 Å². The monoisotopic (exact) mass is 356 g/mol. The van der Waals surface area contributed by atoms with Crippen LogP contribution in [-0.4, -0.2) is 26.8 Å². The number of methoxy groups -OCH3 is 1. The quantitative estimate of drug-likeness (QED) is 0.157. The first-order valence-electron chi connectivity index (χ1n) is 11.0. The van der Waals surface area contributed by atoms with Crippen molar-refractivity contribution in [2.75, 3.05) is 20.3 Å². The van der Waals surface area contributed by atoms with E-state index in [2.05, 4.69) is 4.74 Å².